The summed E-state index contributed by atoms with van der Waals surface area (Å²) >= 11 is 22.2. The Balaban J connectivity index is 2.15. The SMILES string of the molecule is CCc1cc(OCC=C(Cl)Cl)cc(C)c1OCCCCCCOCCC=NOCC=C(Cl)Cl. The van der Waals surface area contributed by atoms with E-state index in [2.05, 4.69) is 12.1 Å². The van der Waals surface area contributed by atoms with Gasteiger partial charge in [-0.1, -0.05) is 64.9 Å². The van der Waals surface area contributed by atoms with Crippen LogP contribution in [-0.2, 0) is 16.0 Å². The molecule has 33 heavy (non-hydrogen) atoms. The number of rotatable bonds is 18. The van der Waals surface area contributed by atoms with Crippen LogP contribution < -0.4 is 9.47 Å². The molecule has 1 rings (SSSR count). The zero-order valence-corrected chi connectivity index (χ0v) is 22.3. The van der Waals surface area contributed by atoms with Crippen LogP contribution in [0.4, 0.5) is 0 Å². The molecule has 0 radical (unpaired) electrons. The quantitative estimate of drug-likeness (QED) is 0.108. The minimum absolute atomic E-state index is 0.170. The lowest BCUT2D eigenvalue weighted by molar-refractivity contribution is 0.134. The standard InChI is InChI=1S/C24H33Cl4NO4/c1-3-20-18-21(31-15-9-22(25)26)17-19(2)24(20)32-14-7-5-4-6-12-30-13-8-11-29-33-16-10-23(27)28/h9-11,17-18H,3-8,12-16H2,1-2H3. The minimum Gasteiger partial charge on any atom is -0.493 e. The third-order valence-corrected chi connectivity index (χ3v) is 5.09. The number of hydrogen-bond donors (Lipinski definition) is 0. The molecule has 0 saturated heterocycles. The zero-order valence-electron chi connectivity index (χ0n) is 19.3. The number of hydrogen-bond acceptors (Lipinski definition) is 5. The molecular formula is C24H33Cl4NO4. The lowest BCUT2D eigenvalue weighted by atomic mass is 10.1. The summed E-state index contributed by atoms with van der Waals surface area (Å²) in [6, 6.07) is 3.99. The highest BCUT2D eigenvalue weighted by Gasteiger charge is 2.09. The summed E-state index contributed by atoms with van der Waals surface area (Å²) in [5.41, 5.74) is 2.19. The van der Waals surface area contributed by atoms with Gasteiger partial charge in [-0.15, -0.1) is 0 Å². The van der Waals surface area contributed by atoms with Gasteiger partial charge < -0.3 is 19.0 Å². The molecule has 0 bridgehead atoms. The first-order valence-corrected chi connectivity index (χ1v) is 12.6. The van der Waals surface area contributed by atoms with Gasteiger partial charge in [0.05, 0.1) is 13.2 Å². The molecule has 0 unspecified atom stereocenters. The molecule has 1 aromatic rings. The fourth-order valence-corrected chi connectivity index (χ4v) is 3.14. The number of unbranched alkanes of at least 4 members (excludes halogenated alkanes) is 3. The van der Waals surface area contributed by atoms with E-state index < -0.39 is 0 Å². The van der Waals surface area contributed by atoms with E-state index in [-0.39, 0.29) is 15.6 Å². The van der Waals surface area contributed by atoms with Gasteiger partial charge in [0.1, 0.15) is 33.7 Å². The Bertz CT molecular complexity index is 761. The van der Waals surface area contributed by atoms with E-state index in [0.29, 0.717) is 26.2 Å². The first-order valence-electron chi connectivity index (χ1n) is 11.1. The number of benzene rings is 1. The Morgan fingerprint density at radius 1 is 0.879 bits per heavy atom. The van der Waals surface area contributed by atoms with Crippen molar-refractivity contribution in [2.24, 2.45) is 5.16 Å². The maximum absolute atomic E-state index is 6.08. The van der Waals surface area contributed by atoms with Gasteiger partial charge in [-0.05, 0) is 68.0 Å². The van der Waals surface area contributed by atoms with Crippen LogP contribution in [-0.4, -0.2) is 39.2 Å². The molecule has 0 fully saturated rings. The summed E-state index contributed by atoms with van der Waals surface area (Å²) in [7, 11) is 0. The second-order valence-corrected chi connectivity index (χ2v) is 9.14. The van der Waals surface area contributed by atoms with Gasteiger partial charge in [0.2, 0.25) is 0 Å². The summed E-state index contributed by atoms with van der Waals surface area (Å²) in [6.07, 6.45) is 10.6. The predicted molar refractivity (Wildman–Crippen MR) is 139 cm³/mol. The summed E-state index contributed by atoms with van der Waals surface area (Å²) in [6.45, 7) is 6.78. The Morgan fingerprint density at radius 2 is 1.58 bits per heavy atom. The highest BCUT2D eigenvalue weighted by molar-refractivity contribution is 6.56. The number of nitrogens with zero attached hydrogens (tertiary/aromatic N) is 1. The Morgan fingerprint density at radius 3 is 2.27 bits per heavy atom. The fourth-order valence-electron chi connectivity index (χ4n) is 2.89. The van der Waals surface area contributed by atoms with Crippen molar-refractivity contribution < 1.29 is 19.0 Å². The molecule has 186 valence electrons. The summed E-state index contributed by atoms with van der Waals surface area (Å²) < 4.78 is 17.7. The second kappa shape index (κ2) is 19.2. The molecule has 0 aliphatic heterocycles. The first kappa shape index (κ1) is 29.9. The third-order valence-electron chi connectivity index (χ3n) is 4.48. The van der Waals surface area contributed by atoms with E-state index in [4.69, 9.17) is 65.5 Å². The summed E-state index contributed by atoms with van der Waals surface area (Å²) in [5.74, 6) is 1.74. The van der Waals surface area contributed by atoms with Crippen LogP contribution >= 0.6 is 46.4 Å². The van der Waals surface area contributed by atoms with Crippen LogP contribution in [0.5, 0.6) is 11.5 Å². The van der Waals surface area contributed by atoms with E-state index in [9.17, 15) is 0 Å². The molecule has 0 atom stereocenters. The van der Waals surface area contributed by atoms with Crippen molar-refractivity contribution in [3.63, 3.8) is 0 Å². The molecular weight excluding hydrogens is 508 g/mol. The van der Waals surface area contributed by atoms with Crippen LogP contribution in [0.15, 0.2) is 38.4 Å². The molecule has 0 N–H and O–H groups in total. The average molecular weight is 541 g/mol. The van der Waals surface area contributed by atoms with Gasteiger partial charge in [-0.2, -0.15) is 0 Å². The zero-order chi connectivity index (χ0) is 24.3. The number of oxime groups is 1. The molecule has 0 spiro atoms. The smallest absolute Gasteiger partial charge is 0.138 e. The van der Waals surface area contributed by atoms with Crippen LogP contribution in [0.2, 0.25) is 0 Å². The number of halogens is 4. The van der Waals surface area contributed by atoms with E-state index >= 15 is 0 Å². The van der Waals surface area contributed by atoms with Crippen molar-refractivity contribution in [2.75, 3.05) is 33.0 Å². The Hall–Kier alpha value is -1.11. The van der Waals surface area contributed by atoms with Crippen molar-refractivity contribution in [1.29, 1.82) is 0 Å². The van der Waals surface area contributed by atoms with Gasteiger partial charge >= 0.3 is 0 Å². The molecule has 0 heterocycles. The molecule has 0 aromatic heterocycles. The lowest BCUT2D eigenvalue weighted by Gasteiger charge is -2.15. The van der Waals surface area contributed by atoms with Crippen LogP contribution in [0, 0.1) is 6.92 Å². The normalized spacial score (nSPS) is 10.8. The average Bonchev–Trinajstić information content (AvgIpc) is 2.76. The molecule has 0 aliphatic rings. The van der Waals surface area contributed by atoms with Crippen molar-refractivity contribution in [3.8, 4) is 11.5 Å². The summed E-state index contributed by atoms with van der Waals surface area (Å²) in [4.78, 5) is 4.95. The van der Waals surface area contributed by atoms with Gasteiger partial charge in [0, 0.05) is 19.2 Å². The monoisotopic (exact) mass is 539 g/mol. The first-order chi connectivity index (χ1) is 15.9. The van der Waals surface area contributed by atoms with Crippen molar-refractivity contribution in [2.45, 2.75) is 52.4 Å². The highest BCUT2D eigenvalue weighted by Crippen LogP contribution is 2.30. The number of ether oxygens (including phenoxy) is 3. The third kappa shape index (κ3) is 15.4. The van der Waals surface area contributed by atoms with Crippen molar-refractivity contribution in [3.05, 3.63) is 44.4 Å². The van der Waals surface area contributed by atoms with Gasteiger partial charge in [0.25, 0.3) is 0 Å². The van der Waals surface area contributed by atoms with Gasteiger partial charge in [-0.25, -0.2) is 0 Å². The molecule has 9 heteroatoms. The van der Waals surface area contributed by atoms with Crippen molar-refractivity contribution in [1.82, 2.24) is 0 Å². The van der Waals surface area contributed by atoms with E-state index in [1.807, 2.05) is 19.1 Å². The lowest BCUT2D eigenvalue weighted by Crippen LogP contribution is -2.04. The molecule has 0 saturated carbocycles. The summed E-state index contributed by atoms with van der Waals surface area (Å²) in [5, 5.41) is 3.78. The van der Waals surface area contributed by atoms with Crippen LogP contribution in [0.25, 0.3) is 0 Å². The van der Waals surface area contributed by atoms with Gasteiger partial charge in [-0.3, -0.25) is 0 Å². The Kier molecular flexibility index (Phi) is 17.4. The van der Waals surface area contributed by atoms with Crippen molar-refractivity contribution >= 4 is 52.6 Å². The maximum Gasteiger partial charge on any atom is 0.138 e. The fraction of sp³-hybridized carbons (Fsp3) is 0.542. The van der Waals surface area contributed by atoms with E-state index in [0.717, 1.165) is 61.3 Å². The molecule has 0 amide bonds. The molecule has 1 aromatic carbocycles. The van der Waals surface area contributed by atoms with Gasteiger partial charge in [0.15, 0.2) is 0 Å². The molecule has 0 aliphatic carbocycles. The Labute approximate surface area is 217 Å². The minimum atomic E-state index is 0.170. The van der Waals surface area contributed by atoms with E-state index in [1.54, 1.807) is 12.3 Å². The number of aryl methyl sites for hydroxylation is 2. The van der Waals surface area contributed by atoms with Crippen LogP contribution in [0.1, 0.15) is 50.2 Å². The molecule has 5 nitrogen and oxygen atoms in total. The highest BCUT2D eigenvalue weighted by atomic mass is 35.5. The predicted octanol–water partition coefficient (Wildman–Crippen LogP) is 7.92. The van der Waals surface area contributed by atoms with Crippen LogP contribution in [0.3, 0.4) is 0 Å². The van der Waals surface area contributed by atoms with E-state index in [1.165, 1.54) is 6.08 Å². The maximum atomic E-state index is 6.08. The largest absolute Gasteiger partial charge is 0.493 e. The second-order valence-electron chi connectivity index (χ2n) is 7.13. The topological polar surface area (TPSA) is 49.3 Å².